The fourth-order valence-electron chi connectivity index (χ4n) is 2.33. The molecule has 3 nitrogen and oxygen atoms in total. The molecule has 0 unspecified atom stereocenters. The van der Waals surface area contributed by atoms with Crippen molar-refractivity contribution in [3.8, 4) is 0 Å². The predicted octanol–water partition coefficient (Wildman–Crippen LogP) is 2.84. The van der Waals surface area contributed by atoms with Gasteiger partial charge in [0.05, 0.1) is 0 Å². The SMILES string of the molecule is NCCCCCC(=O)N(Cc1ccc(F)cc1)C1CC1. The number of nitrogens with zero attached hydrogens (tertiary/aromatic N) is 1. The second-order valence-electron chi connectivity index (χ2n) is 5.48. The third-order valence-corrected chi connectivity index (χ3v) is 3.67. The van der Waals surface area contributed by atoms with Crippen LogP contribution >= 0.6 is 0 Å². The number of rotatable bonds is 8. The van der Waals surface area contributed by atoms with E-state index in [1.807, 2.05) is 4.90 Å². The van der Waals surface area contributed by atoms with Gasteiger partial charge >= 0.3 is 0 Å². The molecule has 0 saturated heterocycles. The summed E-state index contributed by atoms with van der Waals surface area (Å²) in [5.41, 5.74) is 6.45. The minimum Gasteiger partial charge on any atom is -0.335 e. The molecule has 1 saturated carbocycles. The van der Waals surface area contributed by atoms with Gasteiger partial charge in [0.25, 0.3) is 0 Å². The first-order valence-corrected chi connectivity index (χ1v) is 7.44. The maximum absolute atomic E-state index is 12.9. The lowest BCUT2D eigenvalue weighted by molar-refractivity contribution is -0.132. The summed E-state index contributed by atoms with van der Waals surface area (Å²) in [7, 11) is 0. The number of carbonyl (C=O) groups excluding carboxylic acids is 1. The monoisotopic (exact) mass is 278 g/mol. The number of benzene rings is 1. The molecular formula is C16H23FN2O. The quantitative estimate of drug-likeness (QED) is 0.743. The van der Waals surface area contributed by atoms with Gasteiger partial charge < -0.3 is 10.6 Å². The number of nitrogens with two attached hydrogens (primary N) is 1. The molecule has 1 aliphatic rings. The zero-order valence-electron chi connectivity index (χ0n) is 11.9. The van der Waals surface area contributed by atoms with Gasteiger partial charge in [-0.3, -0.25) is 4.79 Å². The maximum atomic E-state index is 12.9. The van der Waals surface area contributed by atoms with E-state index in [1.54, 1.807) is 12.1 Å². The van der Waals surface area contributed by atoms with Crippen LogP contribution in [0, 0.1) is 5.82 Å². The Morgan fingerprint density at radius 2 is 1.90 bits per heavy atom. The molecule has 0 radical (unpaired) electrons. The minimum absolute atomic E-state index is 0.217. The van der Waals surface area contributed by atoms with Crippen molar-refractivity contribution >= 4 is 5.91 Å². The van der Waals surface area contributed by atoms with Crippen molar-refractivity contribution in [2.45, 2.75) is 51.1 Å². The summed E-state index contributed by atoms with van der Waals surface area (Å²) in [5, 5.41) is 0. The van der Waals surface area contributed by atoms with Crippen LogP contribution in [0.25, 0.3) is 0 Å². The molecule has 0 aliphatic heterocycles. The molecule has 0 bridgehead atoms. The van der Waals surface area contributed by atoms with Crippen molar-refractivity contribution in [2.75, 3.05) is 6.54 Å². The molecule has 1 aliphatic carbocycles. The molecule has 0 heterocycles. The van der Waals surface area contributed by atoms with Crippen LogP contribution in [0.15, 0.2) is 24.3 Å². The molecule has 4 heteroatoms. The van der Waals surface area contributed by atoms with Crippen LogP contribution in [0.2, 0.25) is 0 Å². The summed E-state index contributed by atoms with van der Waals surface area (Å²) >= 11 is 0. The molecule has 1 amide bonds. The topological polar surface area (TPSA) is 46.3 Å². The highest BCUT2D eigenvalue weighted by Crippen LogP contribution is 2.29. The smallest absolute Gasteiger partial charge is 0.223 e. The summed E-state index contributed by atoms with van der Waals surface area (Å²) in [6.07, 6.45) is 5.68. The largest absolute Gasteiger partial charge is 0.335 e. The second kappa shape index (κ2) is 7.39. The van der Waals surface area contributed by atoms with Gasteiger partial charge in [-0.15, -0.1) is 0 Å². The summed E-state index contributed by atoms with van der Waals surface area (Å²) in [6.45, 7) is 1.29. The van der Waals surface area contributed by atoms with E-state index in [-0.39, 0.29) is 11.7 Å². The Bertz CT molecular complexity index is 429. The molecule has 0 atom stereocenters. The molecule has 1 aromatic rings. The van der Waals surface area contributed by atoms with Crippen molar-refractivity contribution in [3.63, 3.8) is 0 Å². The van der Waals surface area contributed by atoms with Gasteiger partial charge in [-0.25, -0.2) is 4.39 Å². The van der Waals surface area contributed by atoms with Crippen LogP contribution in [-0.2, 0) is 11.3 Å². The summed E-state index contributed by atoms with van der Waals surface area (Å²) in [4.78, 5) is 14.2. The van der Waals surface area contributed by atoms with E-state index in [1.165, 1.54) is 12.1 Å². The van der Waals surface area contributed by atoms with Gasteiger partial charge in [-0.05, 0) is 49.9 Å². The van der Waals surface area contributed by atoms with Crippen molar-refractivity contribution in [2.24, 2.45) is 5.73 Å². The second-order valence-corrected chi connectivity index (χ2v) is 5.48. The van der Waals surface area contributed by atoms with Crippen LogP contribution in [0.1, 0.15) is 44.1 Å². The van der Waals surface area contributed by atoms with E-state index in [9.17, 15) is 9.18 Å². The fourth-order valence-corrected chi connectivity index (χ4v) is 2.33. The molecule has 20 heavy (non-hydrogen) atoms. The molecule has 1 fully saturated rings. The van der Waals surface area contributed by atoms with Crippen LogP contribution in [-0.4, -0.2) is 23.4 Å². The van der Waals surface area contributed by atoms with E-state index < -0.39 is 0 Å². The molecule has 2 N–H and O–H groups in total. The molecule has 0 spiro atoms. The Morgan fingerprint density at radius 1 is 1.20 bits per heavy atom. The highest BCUT2D eigenvalue weighted by atomic mass is 19.1. The average Bonchev–Trinajstić information content (AvgIpc) is 3.27. The van der Waals surface area contributed by atoms with E-state index in [2.05, 4.69) is 0 Å². The lowest BCUT2D eigenvalue weighted by Gasteiger charge is -2.22. The Balaban J connectivity index is 1.86. The first kappa shape index (κ1) is 15.0. The van der Waals surface area contributed by atoms with Gasteiger partial charge in [-0.2, -0.15) is 0 Å². The van der Waals surface area contributed by atoms with E-state index >= 15 is 0 Å². The average molecular weight is 278 g/mol. The summed E-state index contributed by atoms with van der Waals surface area (Å²) in [6, 6.07) is 6.80. The minimum atomic E-state index is -0.236. The van der Waals surface area contributed by atoms with Crippen molar-refractivity contribution in [1.82, 2.24) is 4.90 Å². The van der Waals surface area contributed by atoms with Gasteiger partial charge in [0.2, 0.25) is 5.91 Å². The fraction of sp³-hybridized carbons (Fsp3) is 0.562. The van der Waals surface area contributed by atoms with Crippen LogP contribution in [0.5, 0.6) is 0 Å². The van der Waals surface area contributed by atoms with Crippen molar-refractivity contribution in [3.05, 3.63) is 35.6 Å². The summed E-state index contributed by atoms with van der Waals surface area (Å²) < 4.78 is 12.9. The zero-order valence-corrected chi connectivity index (χ0v) is 11.9. The van der Waals surface area contributed by atoms with Gasteiger partial charge in [-0.1, -0.05) is 18.6 Å². The highest BCUT2D eigenvalue weighted by Gasteiger charge is 2.31. The highest BCUT2D eigenvalue weighted by molar-refractivity contribution is 5.76. The lowest BCUT2D eigenvalue weighted by atomic mass is 10.1. The Morgan fingerprint density at radius 3 is 2.50 bits per heavy atom. The first-order valence-electron chi connectivity index (χ1n) is 7.44. The first-order chi connectivity index (χ1) is 9.70. The van der Waals surface area contributed by atoms with Gasteiger partial charge in [0, 0.05) is 19.0 Å². The Kier molecular flexibility index (Phi) is 5.53. The van der Waals surface area contributed by atoms with Crippen LogP contribution in [0.4, 0.5) is 4.39 Å². The molecular weight excluding hydrogens is 255 g/mol. The predicted molar refractivity (Wildman–Crippen MR) is 77.5 cm³/mol. The third-order valence-electron chi connectivity index (χ3n) is 3.67. The standard InChI is InChI=1S/C16H23FN2O/c17-14-7-5-13(6-8-14)12-19(15-9-10-15)16(20)4-2-1-3-11-18/h5-8,15H,1-4,9-12,18H2. The van der Waals surface area contributed by atoms with Gasteiger partial charge in [0.15, 0.2) is 0 Å². The van der Waals surface area contributed by atoms with Crippen LogP contribution in [0.3, 0.4) is 0 Å². The summed E-state index contributed by atoms with van der Waals surface area (Å²) in [5.74, 6) is -0.0197. The van der Waals surface area contributed by atoms with E-state index in [0.29, 0.717) is 25.6 Å². The Labute approximate surface area is 120 Å². The van der Waals surface area contributed by atoms with E-state index in [4.69, 9.17) is 5.73 Å². The number of hydrogen-bond acceptors (Lipinski definition) is 2. The molecule has 2 rings (SSSR count). The Hall–Kier alpha value is -1.42. The molecule has 0 aromatic heterocycles. The number of amides is 1. The van der Waals surface area contributed by atoms with Crippen molar-refractivity contribution in [1.29, 1.82) is 0 Å². The normalized spacial score (nSPS) is 14.3. The zero-order chi connectivity index (χ0) is 14.4. The molecule has 110 valence electrons. The van der Waals surface area contributed by atoms with Gasteiger partial charge in [0.1, 0.15) is 5.82 Å². The maximum Gasteiger partial charge on any atom is 0.223 e. The number of carbonyl (C=O) groups is 1. The number of hydrogen-bond donors (Lipinski definition) is 1. The number of unbranched alkanes of at least 4 members (excludes halogenated alkanes) is 2. The number of halogens is 1. The molecule has 1 aromatic carbocycles. The van der Waals surface area contributed by atoms with E-state index in [0.717, 1.165) is 37.7 Å². The third kappa shape index (κ3) is 4.60. The van der Waals surface area contributed by atoms with Crippen molar-refractivity contribution < 1.29 is 9.18 Å². The van der Waals surface area contributed by atoms with Crippen LogP contribution < -0.4 is 5.73 Å². The lowest BCUT2D eigenvalue weighted by Crippen LogP contribution is -2.32.